The molecule has 0 fully saturated rings. The Balaban J connectivity index is 2.34. The lowest BCUT2D eigenvalue weighted by Gasteiger charge is -2.31. The van der Waals surface area contributed by atoms with E-state index < -0.39 is 28.5 Å². The van der Waals surface area contributed by atoms with Crippen LogP contribution in [0.15, 0.2) is 53.0 Å². The van der Waals surface area contributed by atoms with Crippen LogP contribution in [0.3, 0.4) is 0 Å². The number of carbonyl (C=O) groups excluding carboxylic acids is 2. The maximum atomic E-state index is 13.4. The lowest BCUT2D eigenvalue weighted by Crippen LogP contribution is -2.51. The van der Waals surface area contributed by atoms with Crippen LogP contribution >= 0.6 is 15.9 Å². The lowest BCUT2D eigenvalue weighted by atomic mass is 10.1. The minimum atomic E-state index is -3.75. The third kappa shape index (κ3) is 7.75. The molecule has 0 aromatic heterocycles. The molecule has 0 aliphatic carbocycles. The number of benzene rings is 2. The second-order valence-electron chi connectivity index (χ2n) is 7.58. The molecular weight excluding hydrogens is 510 g/mol. The Morgan fingerprint density at radius 3 is 2.21 bits per heavy atom. The van der Waals surface area contributed by atoms with Crippen LogP contribution in [0.25, 0.3) is 0 Å². The van der Waals surface area contributed by atoms with E-state index in [1.165, 1.54) is 4.90 Å². The number of hydrogen-bond acceptors (Lipinski definition) is 5. The predicted octanol–water partition coefficient (Wildman–Crippen LogP) is 3.17. The SMILES string of the molecule is CCCNC(=O)C(C)N(Cc1ccc(OC)cc1)C(=O)CN(c1ccc(Br)cc1)S(C)(=O)=O. The normalized spacial score (nSPS) is 12.0. The van der Waals surface area contributed by atoms with Gasteiger partial charge >= 0.3 is 0 Å². The summed E-state index contributed by atoms with van der Waals surface area (Å²) in [5.41, 5.74) is 1.15. The van der Waals surface area contributed by atoms with Crippen LogP contribution < -0.4 is 14.4 Å². The summed E-state index contributed by atoms with van der Waals surface area (Å²) in [5.74, 6) is -0.115. The molecule has 0 bridgehead atoms. The number of nitrogens with one attached hydrogen (secondary N) is 1. The number of carbonyl (C=O) groups is 2. The molecule has 0 radical (unpaired) electrons. The van der Waals surface area contributed by atoms with E-state index in [-0.39, 0.29) is 12.5 Å². The summed E-state index contributed by atoms with van der Waals surface area (Å²) in [6.07, 6.45) is 1.81. The van der Waals surface area contributed by atoms with Gasteiger partial charge in [0.15, 0.2) is 0 Å². The van der Waals surface area contributed by atoms with Crippen LogP contribution in [0.4, 0.5) is 5.69 Å². The maximum absolute atomic E-state index is 13.4. The van der Waals surface area contributed by atoms with Crippen LogP contribution in [0.2, 0.25) is 0 Å². The first-order chi connectivity index (χ1) is 15.6. The topological polar surface area (TPSA) is 96.0 Å². The van der Waals surface area contributed by atoms with E-state index in [4.69, 9.17) is 4.74 Å². The molecule has 8 nitrogen and oxygen atoms in total. The summed E-state index contributed by atoms with van der Waals surface area (Å²) in [6.45, 7) is 3.77. The molecule has 0 aliphatic rings. The number of nitrogens with zero attached hydrogens (tertiary/aromatic N) is 2. The molecule has 2 aromatic carbocycles. The van der Waals surface area contributed by atoms with E-state index in [0.29, 0.717) is 18.0 Å². The summed E-state index contributed by atoms with van der Waals surface area (Å²) >= 11 is 3.33. The molecule has 0 aliphatic heterocycles. The second-order valence-corrected chi connectivity index (χ2v) is 10.4. The van der Waals surface area contributed by atoms with Gasteiger partial charge in [0, 0.05) is 17.6 Å². The van der Waals surface area contributed by atoms with Crippen molar-refractivity contribution in [3.8, 4) is 5.75 Å². The fourth-order valence-corrected chi connectivity index (χ4v) is 4.24. The van der Waals surface area contributed by atoms with E-state index in [0.717, 1.165) is 27.0 Å². The minimum Gasteiger partial charge on any atom is -0.497 e. The monoisotopic (exact) mass is 539 g/mol. The van der Waals surface area contributed by atoms with Crippen molar-refractivity contribution in [1.29, 1.82) is 0 Å². The highest BCUT2D eigenvalue weighted by molar-refractivity contribution is 9.10. The number of amides is 2. The fourth-order valence-electron chi connectivity index (χ4n) is 3.13. The molecule has 0 heterocycles. The zero-order valence-corrected chi connectivity index (χ0v) is 21.6. The Bertz CT molecular complexity index is 1040. The number of methoxy groups -OCH3 is 1. The Labute approximate surface area is 204 Å². The molecule has 0 spiro atoms. The van der Waals surface area contributed by atoms with Gasteiger partial charge in [0.25, 0.3) is 0 Å². The Hall–Kier alpha value is -2.59. The number of anilines is 1. The standard InChI is InChI=1S/C23H30BrN3O5S/c1-5-14-25-23(29)17(2)26(15-18-6-12-21(32-3)13-7-18)22(28)16-27(33(4,30)31)20-10-8-19(24)9-11-20/h6-13,17H,5,14-16H2,1-4H3,(H,25,29). The summed E-state index contributed by atoms with van der Waals surface area (Å²) in [7, 11) is -2.19. The van der Waals surface area contributed by atoms with Gasteiger partial charge in [-0.05, 0) is 55.3 Å². The van der Waals surface area contributed by atoms with Crippen molar-refractivity contribution in [2.24, 2.45) is 0 Å². The highest BCUT2D eigenvalue weighted by Crippen LogP contribution is 2.22. The van der Waals surface area contributed by atoms with Crippen LogP contribution in [-0.2, 0) is 26.2 Å². The molecular formula is C23H30BrN3O5S. The molecule has 0 saturated carbocycles. The van der Waals surface area contributed by atoms with Crippen molar-refractivity contribution in [3.05, 3.63) is 58.6 Å². The number of halogens is 1. The van der Waals surface area contributed by atoms with Crippen molar-refractivity contribution < 1.29 is 22.7 Å². The van der Waals surface area contributed by atoms with Crippen LogP contribution in [0.1, 0.15) is 25.8 Å². The molecule has 1 atom stereocenters. The van der Waals surface area contributed by atoms with Gasteiger partial charge in [0.05, 0.1) is 19.1 Å². The fraction of sp³-hybridized carbons (Fsp3) is 0.391. The van der Waals surface area contributed by atoms with Crippen molar-refractivity contribution in [2.45, 2.75) is 32.9 Å². The minimum absolute atomic E-state index is 0.140. The lowest BCUT2D eigenvalue weighted by molar-refractivity contribution is -0.139. The van der Waals surface area contributed by atoms with E-state index in [1.807, 2.05) is 6.92 Å². The molecule has 33 heavy (non-hydrogen) atoms. The quantitative estimate of drug-likeness (QED) is 0.473. The van der Waals surface area contributed by atoms with E-state index >= 15 is 0 Å². The molecule has 1 unspecified atom stereocenters. The Kier molecular flexibility index (Phi) is 9.72. The van der Waals surface area contributed by atoms with Gasteiger partial charge in [0.1, 0.15) is 18.3 Å². The number of ether oxygens (including phenoxy) is 1. The Morgan fingerprint density at radius 2 is 1.70 bits per heavy atom. The third-order valence-electron chi connectivity index (χ3n) is 5.02. The molecule has 1 N–H and O–H groups in total. The van der Waals surface area contributed by atoms with Crippen molar-refractivity contribution in [1.82, 2.24) is 10.2 Å². The molecule has 2 rings (SSSR count). The van der Waals surface area contributed by atoms with Crippen LogP contribution in [0, 0.1) is 0 Å². The summed E-state index contributed by atoms with van der Waals surface area (Å²) in [4.78, 5) is 27.5. The predicted molar refractivity (Wildman–Crippen MR) is 133 cm³/mol. The highest BCUT2D eigenvalue weighted by Gasteiger charge is 2.30. The first-order valence-corrected chi connectivity index (χ1v) is 13.1. The van der Waals surface area contributed by atoms with E-state index in [2.05, 4.69) is 21.2 Å². The number of sulfonamides is 1. The number of hydrogen-bond donors (Lipinski definition) is 1. The molecule has 10 heteroatoms. The van der Waals surface area contributed by atoms with Gasteiger partial charge in [-0.1, -0.05) is 35.0 Å². The third-order valence-corrected chi connectivity index (χ3v) is 6.69. The molecule has 180 valence electrons. The van der Waals surface area contributed by atoms with Gasteiger partial charge < -0.3 is 15.0 Å². The summed E-state index contributed by atoms with van der Waals surface area (Å²) in [6, 6.07) is 13.0. The highest BCUT2D eigenvalue weighted by atomic mass is 79.9. The van der Waals surface area contributed by atoms with Gasteiger partial charge in [-0.3, -0.25) is 13.9 Å². The van der Waals surface area contributed by atoms with Crippen molar-refractivity contribution in [2.75, 3.05) is 30.8 Å². The van der Waals surface area contributed by atoms with Crippen molar-refractivity contribution >= 4 is 43.5 Å². The largest absolute Gasteiger partial charge is 0.497 e. The average molecular weight is 540 g/mol. The van der Waals surface area contributed by atoms with Crippen LogP contribution in [-0.4, -0.2) is 57.6 Å². The van der Waals surface area contributed by atoms with E-state index in [1.54, 1.807) is 62.6 Å². The Morgan fingerprint density at radius 1 is 1.09 bits per heavy atom. The first-order valence-electron chi connectivity index (χ1n) is 10.5. The first kappa shape index (κ1) is 26.7. The molecule has 0 saturated heterocycles. The smallest absolute Gasteiger partial charge is 0.244 e. The van der Waals surface area contributed by atoms with Gasteiger partial charge in [-0.25, -0.2) is 8.42 Å². The number of rotatable bonds is 11. The van der Waals surface area contributed by atoms with E-state index in [9.17, 15) is 18.0 Å². The summed E-state index contributed by atoms with van der Waals surface area (Å²) in [5, 5.41) is 2.80. The van der Waals surface area contributed by atoms with Gasteiger partial charge in [-0.15, -0.1) is 0 Å². The summed E-state index contributed by atoms with van der Waals surface area (Å²) < 4.78 is 32.0. The zero-order chi connectivity index (χ0) is 24.6. The van der Waals surface area contributed by atoms with Crippen LogP contribution in [0.5, 0.6) is 5.75 Å². The van der Waals surface area contributed by atoms with Gasteiger partial charge in [-0.2, -0.15) is 0 Å². The molecule has 2 aromatic rings. The second kappa shape index (κ2) is 12.0. The maximum Gasteiger partial charge on any atom is 0.244 e. The molecule has 2 amide bonds. The zero-order valence-electron chi connectivity index (χ0n) is 19.2. The average Bonchev–Trinajstić information content (AvgIpc) is 2.79. The van der Waals surface area contributed by atoms with Gasteiger partial charge in [0.2, 0.25) is 21.8 Å². The van der Waals surface area contributed by atoms with Crippen molar-refractivity contribution in [3.63, 3.8) is 0 Å².